The van der Waals surface area contributed by atoms with Crippen LogP contribution in [-0.2, 0) is 4.79 Å². The van der Waals surface area contributed by atoms with Crippen molar-refractivity contribution in [3.8, 4) is 0 Å². The molecule has 0 fully saturated rings. The summed E-state index contributed by atoms with van der Waals surface area (Å²) in [5.74, 6) is -1.85. The summed E-state index contributed by atoms with van der Waals surface area (Å²) < 4.78 is 35.0. The van der Waals surface area contributed by atoms with Crippen LogP contribution in [0.25, 0.3) is 0 Å². The first-order valence-electron chi connectivity index (χ1n) is 4.39. The van der Waals surface area contributed by atoms with Gasteiger partial charge in [0, 0.05) is 11.9 Å². The molecule has 14 heavy (non-hydrogen) atoms. The van der Waals surface area contributed by atoms with Gasteiger partial charge in [-0.1, -0.05) is 28.8 Å². The number of hydrogen-bond donors (Lipinski definition) is 1. The van der Waals surface area contributed by atoms with Crippen molar-refractivity contribution in [1.82, 2.24) is 5.32 Å². The molecule has 0 saturated carbocycles. The smallest absolute Gasteiger partial charge is 0.348 e. The number of carbonyl (C=O) groups is 1. The summed E-state index contributed by atoms with van der Waals surface area (Å²) in [6.45, 7) is 0.0978. The maximum atomic E-state index is 11.7. The number of unbranched alkanes of at least 4 members (excludes halogenated alkanes) is 3. The fraction of sp³-hybridized carbons (Fsp3) is 0.875. The van der Waals surface area contributed by atoms with Gasteiger partial charge in [0.2, 0.25) is 0 Å². The molecule has 0 unspecified atom stereocenters. The van der Waals surface area contributed by atoms with Gasteiger partial charge in [0.25, 0.3) is 0 Å². The Bertz CT molecular complexity index is 172. The van der Waals surface area contributed by atoms with E-state index in [2.05, 4.69) is 15.9 Å². The van der Waals surface area contributed by atoms with Crippen molar-refractivity contribution in [2.45, 2.75) is 31.9 Å². The normalized spacial score (nSPS) is 11.4. The van der Waals surface area contributed by atoms with Gasteiger partial charge in [-0.3, -0.25) is 4.79 Å². The summed E-state index contributed by atoms with van der Waals surface area (Å²) in [5.41, 5.74) is 0. The average Bonchev–Trinajstić information content (AvgIpc) is 2.09. The van der Waals surface area contributed by atoms with Crippen LogP contribution in [0.15, 0.2) is 0 Å². The molecule has 0 radical (unpaired) electrons. The maximum absolute atomic E-state index is 11.7. The molecule has 1 amide bonds. The Morgan fingerprint density at radius 3 is 2.21 bits per heavy atom. The topological polar surface area (TPSA) is 29.1 Å². The standard InChI is InChI=1S/C8H13BrF3NO/c9-5-3-1-2-4-6-13-7(14)8(10,11)12/h1-6H2,(H,13,14). The molecule has 0 bridgehead atoms. The zero-order valence-corrected chi connectivity index (χ0v) is 9.25. The van der Waals surface area contributed by atoms with E-state index >= 15 is 0 Å². The molecule has 0 aromatic rings. The molecule has 6 heteroatoms. The van der Waals surface area contributed by atoms with Gasteiger partial charge in [0.15, 0.2) is 0 Å². The molecule has 0 rings (SSSR count). The first-order valence-corrected chi connectivity index (χ1v) is 5.51. The third-order valence-electron chi connectivity index (χ3n) is 1.60. The SMILES string of the molecule is O=C(NCCCCCCBr)C(F)(F)F. The minimum Gasteiger partial charge on any atom is -0.348 e. The van der Waals surface area contributed by atoms with E-state index in [0.29, 0.717) is 6.42 Å². The minimum absolute atomic E-state index is 0.0978. The Morgan fingerprint density at radius 1 is 1.14 bits per heavy atom. The number of alkyl halides is 4. The predicted molar refractivity (Wildman–Crippen MR) is 51.3 cm³/mol. The summed E-state index contributed by atoms with van der Waals surface area (Å²) in [6, 6.07) is 0. The van der Waals surface area contributed by atoms with E-state index in [0.717, 1.165) is 24.6 Å². The largest absolute Gasteiger partial charge is 0.471 e. The third kappa shape index (κ3) is 7.17. The molecule has 0 aliphatic rings. The molecule has 0 atom stereocenters. The molecule has 0 aliphatic heterocycles. The van der Waals surface area contributed by atoms with Crippen LogP contribution in [0, 0.1) is 0 Å². The summed E-state index contributed by atoms with van der Waals surface area (Å²) in [7, 11) is 0. The average molecular weight is 276 g/mol. The van der Waals surface area contributed by atoms with Crippen LogP contribution in [0.1, 0.15) is 25.7 Å². The Balaban J connectivity index is 3.33. The lowest BCUT2D eigenvalue weighted by atomic mass is 10.2. The number of amides is 1. The van der Waals surface area contributed by atoms with Crippen LogP contribution in [0.4, 0.5) is 13.2 Å². The second-order valence-corrected chi connectivity index (χ2v) is 3.65. The fourth-order valence-corrected chi connectivity index (χ4v) is 1.27. The van der Waals surface area contributed by atoms with Gasteiger partial charge in [-0.15, -0.1) is 0 Å². The Hall–Kier alpha value is -0.260. The first-order chi connectivity index (χ1) is 6.48. The summed E-state index contributed by atoms with van der Waals surface area (Å²) in [4.78, 5) is 10.3. The van der Waals surface area contributed by atoms with Crippen molar-refractivity contribution in [3.63, 3.8) is 0 Å². The van der Waals surface area contributed by atoms with E-state index in [9.17, 15) is 18.0 Å². The molecular weight excluding hydrogens is 263 g/mol. The highest BCUT2D eigenvalue weighted by Gasteiger charge is 2.37. The minimum atomic E-state index is -4.75. The number of halogens is 4. The van der Waals surface area contributed by atoms with Crippen molar-refractivity contribution < 1.29 is 18.0 Å². The van der Waals surface area contributed by atoms with E-state index < -0.39 is 12.1 Å². The highest BCUT2D eigenvalue weighted by atomic mass is 79.9. The van der Waals surface area contributed by atoms with Gasteiger partial charge in [-0.2, -0.15) is 13.2 Å². The zero-order chi connectivity index (χ0) is 11.0. The van der Waals surface area contributed by atoms with E-state index in [-0.39, 0.29) is 6.54 Å². The van der Waals surface area contributed by atoms with Gasteiger partial charge in [0.1, 0.15) is 0 Å². The van der Waals surface area contributed by atoms with Crippen LogP contribution in [0.5, 0.6) is 0 Å². The van der Waals surface area contributed by atoms with Gasteiger partial charge >= 0.3 is 12.1 Å². The third-order valence-corrected chi connectivity index (χ3v) is 2.16. The number of carbonyl (C=O) groups excluding carboxylic acids is 1. The Kier molecular flexibility index (Phi) is 6.96. The van der Waals surface area contributed by atoms with Gasteiger partial charge in [0.05, 0.1) is 0 Å². The quantitative estimate of drug-likeness (QED) is 0.586. The molecule has 0 aromatic carbocycles. The maximum Gasteiger partial charge on any atom is 0.471 e. The van der Waals surface area contributed by atoms with E-state index in [1.165, 1.54) is 0 Å². The van der Waals surface area contributed by atoms with E-state index in [4.69, 9.17) is 0 Å². The monoisotopic (exact) mass is 275 g/mol. The molecule has 0 heterocycles. The zero-order valence-electron chi connectivity index (χ0n) is 7.66. The van der Waals surface area contributed by atoms with E-state index in [1.807, 2.05) is 5.32 Å². The second-order valence-electron chi connectivity index (χ2n) is 2.86. The lowest BCUT2D eigenvalue weighted by Crippen LogP contribution is -2.37. The molecule has 2 nitrogen and oxygen atoms in total. The van der Waals surface area contributed by atoms with Crippen molar-refractivity contribution in [2.75, 3.05) is 11.9 Å². The van der Waals surface area contributed by atoms with Crippen LogP contribution in [0.3, 0.4) is 0 Å². The van der Waals surface area contributed by atoms with Crippen LogP contribution in [0.2, 0.25) is 0 Å². The number of rotatable bonds is 6. The van der Waals surface area contributed by atoms with Gasteiger partial charge in [-0.25, -0.2) is 0 Å². The fourth-order valence-electron chi connectivity index (χ4n) is 0.875. The van der Waals surface area contributed by atoms with Crippen molar-refractivity contribution >= 4 is 21.8 Å². The molecule has 0 aromatic heterocycles. The van der Waals surface area contributed by atoms with Gasteiger partial charge in [-0.05, 0) is 12.8 Å². The lowest BCUT2D eigenvalue weighted by molar-refractivity contribution is -0.173. The summed E-state index contributed by atoms with van der Waals surface area (Å²) >= 11 is 3.25. The van der Waals surface area contributed by atoms with Crippen molar-refractivity contribution in [3.05, 3.63) is 0 Å². The lowest BCUT2D eigenvalue weighted by Gasteiger charge is -2.07. The van der Waals surface area contributed by atoms with Crippen LogP contribution >= 0.6 is 15.9 Å². The van der Waals surface area contributed by atoms with Crippen LogP contribution < -0.4 is 5.32 Å². The molecule has 0 saturated heterocycles. The Labute approximate surface area is 89.4 Å². The summed E-state index contributed by atoms with van der Waals surface area (Å²) in [5, 5.41) is 2.73. The first kappa shape index (κ1) is 13.7. The predicted octanol–water partition coefficient (Wildman–Crippen LogP) is 2.62. The highest BCUT2D eigenvalue weighted by molar-refractivity contribution is 9.09. The number of nitrogens with one attached hydrogen (secondary N) is 1. The highest BCUT2D eigenvalue weighted by Crippen LogP contribution is 2.13. The van der Waals surface area contributed by atoms with Crippen molar-refractivity contribution in [2.24, 2.45) is 0 Å². The molecule has 0 spiro atoms. The van der Waals surface area contributed by atoms with Gasteiger partial charge < -0.3 is 5.32 Å². The van der Waals surface area contributed by atoms with E-state index in [1.54, 1.807) is 0 Å². The number of hydrogen-bond acceptors (Lipinski definition) is 1. The molecular formula is C8H13BrF3NO. The molecule has 0 aliphatic carbocycles. The summed E-state index contributed by atoms with van der Waals surface area (Å²) in [6.07, 6.45) is -1.35. The Morgan fingerprint density at radius 2 is 1.71 bits per heavy atom. The molecule has 1 N–H and O–H groups in total. The second kappa shape index (κ2) is 7.09. The van der Waals surface area contributed by atoms with Crippen molar-refractivity contribution in [1.29, 1.82) is 0 Å². The van der Waals surface area contributed by atoms with Crippen LogP contribution in [-0.4, -0.2) is 24.0 Å². The molecule has 84 valence electrons.